The zero-order chi connectivity index (χ0) is 12.3. The van der Waals surface area contributed by atoms with E-state index in [9.17, 15) is 0 Å². The maximum Gasteiger partial charge on any atom is 0.0525 e. The molecule has 1 heterocycles. The number of hydrogen-bond donors (Lipinski definition) is 0. The van der Waals surface area contributed by atoms with E-state index in [4.69, 9.17) is 11.6 Å². The number of rotatable bonds is 3. The quantitative estimate of drug-likeness (QED) is 0.808. The molecule has 1 aliphatic rings. The molecule has 1 saturated heterocycles. The highest BCUT2D eigenvalue weighted by Crippen LogP contribution is 2.30. The molecule has 94 valence electrons. The van der Waals surface area contributed by atoms with Gasteiger partial charge in [0, 0.05) is 5.02 Å². The molecule has 0 amide bonds. The lowest BCUT2D eigenvalue weighted by atomic mass is 9.89. The number of halogens is 1. The Hall–Kier alpha value is -0.180. The second kappa shape index (κ2) is 6.12. The van der Waals surface area contributed by atoms with Crippen molar-refractivity contribution in [3.8, 4) is 0 Å². The Balaban J connectivity index is 1.93. The van der Waals surface area contributed by atoms with Crippen molar-refractivity contribution in [3.05, 3.63) is 34.9 Å². The average Bonchev–Trinajstić information content (AvgIpc) is 2.39. The average molecular weight is 270 g/mol. The van der Waals surface area contributed by atoms with Crippen molar-refractivity contribution in [1.29, 1.82) is 0 Å². The molecule has 0 bridgehead atoms. The van der Waals surface area contributed by atoms with E-state index in [2.05, 4.69) is 30.2 Å². The predicted octanol–water partition coefficient (Wildman–Crippen LogP) is 4.23. The Morgan fingerprint density at radius 3 is 2.35 bits per heavy atom. The molecule has 1 nitrogen and oxygen atoms in total. The second-order valence-corrected chi connectivity index (χ2v) is 6.29. The molecule has 1 unspecified atom stereocenters. The lowest BCUT2D eigenvalue weighted by Crippen LogP contribution is -2.37. The summed E-state index contributed by atoms with van der Waals surface area (Å²) in [4.78, 5) is 2.58. The molecular formula is C14H20ClNS. The van der Waals surface area contributed by atoms with Crippen molar-refractivity contribution in [2.45, 2.75) is 31.1 Å². The fraction of sp³-hybridized carbons (Fsp3) is 0.571. The van der Waals surface area contributed by atoms with Crippen LogP contribution in [-0.4, -0.2) is 29.6 Å². The molecule has 0 saturated carbocycles. The number of likely N-dealkylation sites (tertiary alicyclic amines) is 1. The summed E-state index contributed by atoms with van der Waals surface area (Å²) in [7, 11) is 0. The maximum absolute atomic E-state index is 5.92. The molecular weight excluding hydrogens is 250 g/mol. The predicted molar refractivity (Wildman–Crippen MR) is 78.0 cm³/mol. The molecule has 1 aliphatic heterocycles. The van der Waals surface area contributed by atoms with Crippen LogP contribution in [0.3, 0.4) is 0 Å². The van der Waals surface area contributed by atoms with E-state index in [1.807, 2.05) is 23.9 Å². The van der Waals surface area contributed by atoms with Crippen LogP contribution in [-0.2, 0) is 0 Å². The molecule has 1 aromatic rings. The van der Waals surface area contributed by atoms with Crippen molar-refractivity contribution in [3.63, 3.8) is 0 Å². The molecule has 0 N–H and O–H groups in total. The van der Waals surface area contributed by atoms with Gasteiger partial charge in [0.25, 0.3) is 0 Å². The molecule has 1 fully saturated rings. The van der Waals surface area contributed by atoms with Crippen LogP contribution in [0, 0.1) is 0 Å². The zero-order valence-electron chi connectivity index (χ0n) is 10.5. The second-order valence-electron chi connectivity index (χ2n) is 4.70. The Morgan fingerprint density at radius 2 is 1.82 bits per heavy atom. The van der Waals surface area contributed by atoms with Gasteiger partial charge in [0.2, 0.25) is 0 Å². The van der Waals surface area contributed by atoms with E-state index in [0.29, 0.717) is 5.37 Å². The Labute approximate surface area is 114 Å². The van der Waals surface area contributed by atoms with Crippen LogP contribution in [0.1, 0.15) is 31.2 Å². The van der Waals surface area contributed by atoms with Gasteiger partial charge in [-0.15, -0.1) is 11.8 Å². The summed E-state index contributed by atoms with van der Waals surface area (Å²) in [6.45, 7) is 4.73. The van der Waals surface area contributed by atoms with Crippen LogP contribution in [0.25, 0.3) is 0 Å². The third-order valence-electron chi connectivity index (χ3n) is 3.73. The summed E-state index contributed by atoms with van der Waals surface area (Å²) in [6, 6.07) is 8.38. The molecule has 0 radical (unpaired) electrons. The lowest BCUT2D eigenvalue weighted by molar-refractivity contribution is 0.206. The molecule has 0 aromatic heterocycles. The van der Waals surface area contributed by atoms with Gasteiger partial charge in [-0.25, -0.2) is 0 Å². The molecule has 0 spiro atoms. The van der Waals surface area contributed by atoms with Gasteiger partial charge in [-0.1, -0.05) is 23.7 Å². The van der Waals surface area contributed by atoms with Gasteiger partial charge in [-0.2, -0.15) is 0 Å². The van der Waals surface area contributed by atoms with Crippen LogP contribution in [0.15, 0.2) is 24.3 Å². The molecule has 3 heteroatoms. The van der Waals surface area contributed by atoms with Crippen LogP contribution in [0.5, 0.6) is 0 Å². The van der Waals surface area contributed by atoms with E-state index in [-0.39, 0.29) is 0 Å². The van der Waals surface area contributed by atoms with Crippen molar-refractivity contribution in [2.24, 2.45) is 0 Å². The van der Waals surface area contributed by atoms with Crippen molar-refractivity contribution >= 4 is 23.4 Å². The highest BCUT2D eigenvalue weighted by Gasteiger charge is 2.22. The van der Waals surface area contributed by atoms with Crippen LogP contribution in [0.4, 0.5) is 0 Å². The first kappa shape index (κ1) is 13.3. The smallest absolute Gasteiger partial charge is 0.0525 e. The van der Waals surface area contributed by atoms with Crippen molar-refractivity contribution in [2.75, 3.05) is 19.3 Å². The Kier molecular flexibility index (Phi) is 4.78. The minimum atomic E-state index is 0.654. The van der Waals surface area contributed by atoms with E-state index in [1.54, 1.807) is 0 Å². The summed E-state index contributed by atoms with van der Waals surface area (Å²) in [5, 5.41) is 1.49. The number of thioether (sulfide) groups is 1. The van der Waals surface area contributed by atoms with Gasteiger partial charge in [-0.3, -0.25) is 4.90 Å². The zero-order valence-corrected chi connectivity index (χ0v) is 12.1. The van der Waals surface area contributed by atoms with Crippen LogP contribution in [0.2, 0.25) is 5.02 Å². The van der Waals surface area contributed by atoms with Crippen molar-refractivity contribution < 1.29 is 0 Å². The highest BCUT2D eigenvalue weighted by atomic mass is 35.5. The summed E-state index contributed by atoms with van der Waals surface area (Å²) in [5.41, 5.74) is 1.45. The monoisotopic (exact) mass is 269 g/mol. The van der Waals surface area contributed by atoms with Gasteiger partial charge < -0.3 is 0 Å². The number of piperidine rings is 1. The van der Waals surface area contributed by atoms with Gasteiger partial charge in [0.1, 0.15) is 0 Å². The van der Waals surface area contributed by atoms with Crippen LogP contribution < -0.4 is 0 Å². The maximum atomic E-state index is 5.92. The molecule has 1 atom stereocenters. The Morgan fingerprint density at radius 1 is 1.24 bits per heavy atom. The first-order chi connectivity index (χ1) is 8.20. The van der Waals surface area contributed by atoms with Crippen LogP contribution >= 0.6 is 23.4 Å². The fourth-order valence-electron chi connectivity index (χ4n) is 2.48. The first-order valence-corrected chi connectivity index (χ1v) is 7.89. The molecule has 0 aliphatic carbocycles. The third kappa shape index (κ3) is 3.40. The normalized spacial score (nSPS) is 20.4. The third-order valence-corrected chi connectivity index (χ3v) is 4.96. The molecule has 17 heavy (non-hydrogen) atoms. The van der Waals surface area contributed by atoms with E-state index >= 15 is 0 Å². The van der Waals surface area contributed by atoms with Gasteiger partial charge in [-0.05, 0) is 62.7 Å². The van der Waals surface area contributed by atoms with Gasteiger partial charge >= 0.3 is 0 Å². The number of nitrogens with zero attached hydrogens (tertiary/aromatic N) is 1. The van der Waals surface area contributed by atoms with E-state index in [1.165, 1.54) is 31.5 Å². The summed E-state index contributed by atoms with van der Waals surface area (Å²) in [5.74, 6) is 0.720. The highest BCUT2D eigenvalue weighted by molar-refractivity contribution is 7.99. The molecule has 2 rings (SSSR count). The fourth-order valence-corrected chi connectivity index (χ4v) is 3.12. The minimum Gasteiger partial charge on any atom is -0.292 e. The lowest BCUT2D eigenvalue weighted by Gasteiger charge is -2.35. The Bertz CT molecular complexity index is 344. The van der Waals surface area contributed by atoms with E-state index < -0.39 is 0 Å². The number of benzene rings is 1. The standard InChI is InChI=1S/C14H20ClNS/c1-11(17-2)16-9-7-13(8-10-16)12-3-5-14(15)6-4-12/h3-6,11,13H,7-10H2,1-2H3. The largest absolute Gasteiger partial charge is 0.292 e. The SMILES string of the molecule is CSC(C)N1CCC(c2ccc(Cl)cc2)CC1. The number of hydrogen-bond acceptors (Lipinski definition) is 2. The first-order valence-electron chi connectivity index (χ1n) is 6.23. The van der Waals surface area contributed by atoms with Crippen molar-refractivity contribution in [1.82, 2.24) is 4.90 Å². The molecule has 1 aromatic carbocycles. The van der Waals surface area contributed by atoms with Gasteiger partial charge in [0.05, 0.1) is 5.37 Å². The van der Waals surface area contributed by atoms with E-state index in [0.717, 1.165) is 10.9 Å². The summed E-state index contributed by atoms with van der Waals surface area (Å²) < 4.78 is 0. The van der Waals surface area contributed by atoms with Gasteiger partial charge in [0.15, 0.2) is 0 Å². The topological polar surface area (TPSA) is 3.24 Å². The minimum absolute atomic E-state index is 0.654. The summed E-state index contributed by atoms with van der Waals surface area (Å²) >= 11 is 7.86. The summed E-state index contributed by atoms with van der Waals surface area (Å²) in [6.07, 6.45) is 4.73.